The Bertz CT molecular complexity index is 1610. The average Bonchev–Trinajstić information content (AvgIpc) is 3.33. The summed E-state index contributed by atoms with van der Waals surface area (Å²) < 4.78 is 5.98. The number of hydrogen-bond acceptors (Lipinski definition) is 5. The lowest BCUT2D eigenvalue weighted by Crippen LogP contribution is -2.31. The second-order valence-corrected chi connectivity index (χ2v) is 10.0. The van der Waals surface area contributed by atoms with Gasteiger partial charge in [-0.1, -0.05) is 60.2 Å². The quantitative estimate of drug-likeness (QED) is 0.290. The lowest BCUT2D eigenvalue weighted by atomic mass is 9.93. The molecule has 1 unspecified atom stereocenters. The minimum absolute atomic E-state index is 0.0784. The molecule has 0 bridgehead atoms. The SMILES string of the molecule is Cc1ccc([C@@H](NC(=O)Cc2ccc3oc(C(C)(O)c4cc(C)ncn4)cc3c2)c2ccccc2)c(C)c1. The lowest BCUT2D eigenvalue weighted by molar-refractivity contribution is -0.120. The molecule has 2 aromatic heterocycles. The summed E-state index contributed by atoms with van der Waals surface area (Å²) >= 11 is 0. The van der Waals surface area contributed by atoms with Gasteiger partial charge in [0.25, 0.3) is 0 Å². The Morgan fingerprint density at radius 1 is 0.974 bits per heavy atom. The Labute approximate surface area is 222 Å². The van der Waals surface area contributed by atoms with Gasteiger partial charge in [0.2, 0.25) is 5.91 Å². The van der Waals surface area contributed by atoms with Gasteiger partial charge < -0.3 is 14.8 Å². The summed E-state index contributed by atoms with van der Waals surface area (Å²) in [6.45, 7) is 7.64. The molecule has 5 aromatic rings. The highest BCUT2D eigenvalue weighted by Crippen LogP contribution is 2.33. The summed E-state index contributed by atoms with van der Waals surface area (Å²) in [5.41, 5.74) is 5.72. The van der Waals surface area contributed by atoms with Gasteiger partial charge in [-0.05, 0) is 74.2 Å². The minimum Gasteiger partial charge on any atom is -0.458 e. The number of aliphatic hydroxyl groups is 1. The van der Waals surface area contributed by atoms with Crippen LogP contribution in [-0.4, -0.2) is 21.0 Å². The first-order valence-corrected chi connectivity index (χ1v) is 12.7. The number of nitrogens with one attached hydrogen (secondary N) is 1. The number of rotatable bonds is 7. The zero-order valence-electron chi connectivity index (χ0n) is 22.0. The fraction of sp³-hybridized carbons (Fsp3) is 0.219. The predicted molar refractivity (Wildman–Crippen MR) is 148 cm³/mol. The normalized spacial score (nSPS) is 13.7. The van der Waals surface area contributed by atoms with Crippen molar-refractivity contribution < 1.29 is 14.3 Å². The molecule has 0 aliphatic rings. The molecule has 1 amide bonds. The van der Waals surface area contributed by atoms with Gasteiger partial charge in [0.15, 0.2) is 5.60 Å². The van der Waals surface area contributed by atoms with Gasteiger partial charge in [-0.3, -0.25) is 4.79 Å². The molecule has 0 radical (unpaired) electrons. The summed E-state index contributed by atoms with van der Waals surface area (Å²) in [7, 11) is 0. The highest BCUT2D eigenvalue weighted by Gasteiger charge is 2.31. The maximum absolute atomic E-state index is 13.3. The van der Waals surface area contributed by atoms with E-state index in [2.05, 4.69) is 47.3 Å². The molecule has 0 saturated carbocycles. The van der Waals surface area contributed by atoms with Crippen molar-refractivity contribution in [3.63, 3.8) is 0 Å². The third-order valence-electron chi connectivity index (χ3n) is 6.90. The van der Waals surface area contributed by atoms with E-state index in [1.165, 1.54) is 11.9 Å². The first-order chi connectivity index (χ1) is 18.2. The molecule has 0 aliphatic heterocycles. The molecule has 3 aromatic carbocycles. The fourth-order valence-electron chi connectivity index (χ4n) is 4.82. The van der Waals surface area contributed by atoms with Gasteiger partial charge in [0, 0.05) is 11.1 Å². The number of aromatic nitrogens is 2. The maximum Gasteiger partial charge on any atom is 0.225 e. The summed E-state index contributed by atoms with van der Waals surface area (Å²) in [5, 5.41) is 15.3. The van der Waals surface area contributed by atoms with E-state index in [-0.39, 0.29) is 18.4 Å². The van der Waals surface area contributed by atoms with Gasteiger partial charge in [-0.2, -0.15) is 0 Å². The van der Waals surface area contributed by atoms with Crippen molar-refractivity contribution in [3.05, 3.63) is 130 Å². The molecule has 0 saturated heterocycles. The van der Waals surface area contributed by atoms with Crippen LogP contribution in [0.15, 0.2) is 89.6 Å². The van der Waals surface area contributed by atoms with E-state index in [1.54, 1.807) is 19.1 Å². The Morgan fingerprint density at radius 3 is 2.50 bits per heavy atom. The largest absolute Gasteiger partial charge is 0.458 e. The van der Waals surface area contributed by atoms with Crippen molar-refractivity contribution in [1.29, 1.82) is 0 Å². The zero-order chi connectivity index (χ0) is 26.9. The molecule has 6 heteroatoms. The van der Waals surface area contributed by atoms with E-state index < -0.39 is 5.60 Å². The highest BCUT2D eigenvalue weighted by atomic mass is 16.4. The second-order valence-electron chi connectivity index (χ2n) is 10.0. The molecule has 5 rings (SSSR count). The van der Waals surface area contributed by atoms with Crippen molar-refractivity contribution in [2.45, 2.75) is 45.8 Å². The standard InChI is InChI=1S/C32H31N3O3/c1-20-10-12-26(21(2)14-20)31(24-8-6-5-7-9-24)35-30(36)17-23-11-13-27-25(16-23)18-29(38-27)32(4,37)28-15-22(3)33-19-34-28/h5-16,18-19,31,37H,17H2,1-4H3,(H,35,36)/t31-,32?/m0/s1. The molecule has 2 N–H and O–H groups in total. The Hall–Kier alpha value is -4.29. The Morgan fingerprint density at radius 2 is 1.76 bits per heavy atom. The summed E-state index contributed by atoms with van der Waals surface area (Å²) in [4.78, 5) is 21.6. The molecule has 192 valence electrons. The second kappa shape index (κ2) is 10.2. The van der Waals surface area contributed by atoms with Crippen molar-refractivity contribution in [2.75, 3.05) is 0 Å². The van der Waals surface area contributed by atoms with Crippen molar-refractivity contribution >= 4 is 16.9 Å². The van der Waals surface area contributed by atoms with Crippen LogP contribution in [0, 0.1) is 20.8 Å². The average molecular weight is 506 g/mol. The fourth-order valence-corrected chi connectivity index (χ4v) is 4.82. The first kappa shape index (κ1) is 25.4. The summed E-state index contributed by atoms with van der Waals surface area (Å²) in [6.07, 6.45) is 1.64. The van der Waals surface area contributed by atoms with E-state index >= 15 is 0 Å². The van der Waals surface area contributed by atoms with Crippen LogP contribution in [0.1, 0.15) is 57.9 Å². The number of nitrogens with zero attached hydrogens (tertiary/aromatic N) is 2. The van der Waals surface area contributed by atoms with Crippen molar-refractivity contribution in [2.24, 2.45) is 0 Å². The van der Waals surface area contributed by atoms with Gasteiger partial charge in [-0.25, -0.2) is 9.97 Å². The molecule has 6 nitrogen and oxygen atoms in total. The lowest BCUT2D eigenvalue weighted by Gasteiger charge is -2.22. The monoisotopic (exact) mass is 505 g/mol. The molecule has 0 aliphatic carbocycles. The molecule has 38 heavy (non-hydrogen) atoms. The van der Waals surface area contributed by atoms with E-state index in [0.717, 1.165) is 33.3 Å². The third kappa shape index (κ3) is 5.22. The molecular formula is C32H31N3O3. The van der Waals surface area contributed by atoms with Crippen molar-refractivity contribution in [1.82, 2.24) is 15.3 Å². The Balaban J connectivity index is 1.39. The van der Waals surface area contributed by atoms with E-state index in [0.29, 0.717) is 17.0 Å². The molecule has 2 atom stereocenters. The molecule has 0 fully saturated rings. The highest BCUT2D eigenvalue weighted by molar-refractivity contribution is 5.83. The topological polar surface area (TPSA) is 88.2 Å². The maximum atomic E-state index is 13.3. The van der Waals surface area contributed by atoms with Crippen LogP contribution >= 0.6 is 0 Å². The van der Waals surface area contributed by atoms with Crippen LogP contribution in [0.5, 0.6) is 0 Å². The number of benzene rings is 3. The molecule has 2 heterocycles. The van der Waals surface area contributed by atoms with E-state index in [1.807, 2.05) is 55.5 Å². The third-order valence-corrected chi connectivity index (χ3v) is 6.90. The number of furan rings is 1. The number of amides is 1. The number of aryl methyl sites for hydroxylation is 3. The first-order valence-electron chi connectivity index (χ1n) is 12.7. The van der Waals surface area contributed by atoms with Crippen LogP contribution in [0.25, 0.3) is 11.0 Å². The van der Waals surface area contributed by atoms with Crippen LogP contribution in [0.2, 0.25) is 0 Å². The Kier molecular flexibility index (Phi) is 6.83. The van der Waals surface area contributed by atoms with E-state index in [4.69, 9.17) is 4.42 Å². The van der Waals surface area contributed by atoms with Crippen LogP contribution in [0.3, 0.4) is 0 Å². The minimum atomic E-state index is -1.42. The summed E-state index contributed by atoms with van der Waals surface area (Å²) in [5.74, 6) is 0.302. The molecular weight excluding hydrogens is 474 g/mol. The van der Waals surface area contributed by atoms with Gasteiger partial charge >= 0.3 is 0 Å². The molecule has 0 spiro atoms. The number of fused-ring (bicyclic) bond motifs is 1. The summed E-state index contributed by atoms with van der Waals surface area (Å²) in [6, 6.07) is 25.3. The smallest absolute Gasteiger partial charge is 0.225 e. The van der Waals surface area contributed by atoms with E-state index in [9.17, 15) is 9.90 Å². The van der Waals surface area contributed by atoms with Crippen LogP contribution in [0.4, 0.5) is 0 Å². The zero-order valence-corrected chi connectivity index (χ0v) is 22.0. The van der Waals surface area contributed by atoms with Gasteiger partial charge in [-0.15, -0.1) is 0 Å². The predicted octanol–water partition coefficient (Wildman–Crippen LogP) is 5.85. The van der Waals surface area contributed by atoms with Gasteiger partial charge in [0.1, 0.15) is 17.7 Å². The van der Waals surface area contributed by atoms with Crippen LogP contribution < -0.4 is 5.32 Å². The number of carbonyl (C=O) groups excluding carboxylic acids is 1. The number of carbonyl (C=O) groups is 1. The number of hydrogen-bond donors (Lipinski definition) is 2. The van der Waals surface area contributed by atoms with Crippen molar-refractivity contribution in [3.8, 4) is 0 Å². The van der Waals surface area contributed by atoms with Gasteiger partial charge in [0.05, 0.1) is 18.2 Å². The van der Waals surface area contributed by atoms with Crippen LogP contribution in [-0.2, 0) is 16.8 Å².